The molecule has 5 heteroatoms. The van der Waals surface area contributed by atoms with Gasteiger partial charge in [0.2, 0.25) is 0 Å². The quantitative estimate of drug-likeness (QED) is 0.702. The molecule has 0 bridgehead atoms. The van der Waals surface area contributed by atoms with Gasteiger partial charge in [0.25, 0.3) is 5.97 Å². The summed E-state index contributed by atoms with van der Waals surface area (Å²) < 4.78 is 1.57. The molecule has 1 heterocycles. The van der Waals surface area contributed by atoms with Crippen molar-refractivity contribution in [1.29, 1.82) is 0 Å². The Kier molecular flexibility index (Phi) is 5.42. The molecule has 1 aromatic rings. The molecule has 0 aliphatic heterocycles. The van der Waals surface area contributed by atoms with Crippen LogP contribution in [0.2, 0.25) is 0 Å². The van der Waals surface area contributed by atoms with Crippen LogP contribution in [0.4, 0.5) is 0 Å². The van der Waals surface area contributed by atoms with E-state index in [1.54, 1.807) is 23.5 Å². The summed E-state index contributed by atoms with van der Waals surface area (Å²) in [5.74, 6) is -0.833. The van der Waals surface area contributed by atoms with E-state index >= 15 is 0 Å². The lowest BCUT2D eigenvalue weighted by atomic mass is 10.9. The molecular formula is C7H12N2O3. The van der Waals surface area contributed by atoms with Crippen molar-refractivity contribution in [3.63, 3.8) is 0 Å². The first-order valence-electron chi connectivity index (χ1n) is 3.47. The zero-order valence-electron chi connectivity index (χ0n) is 7.10. The van der Waals surface area contributed by atoms with Gasteiger partial charge in [0.05, 0.1) is 6.20 Å². The van der Waals surface area contributed by atoms with E-state index in [9.17, 15) is 0 Å². The van der Waals surface area contributed by atoms with E-state index in [1.807, 2.05) is 6.92 Å². The number of aromatic nitrogens is 2. The Morgan fingerprint density at radius 2 is 2.33 bits per heavy atom. The van der Waals surface area contributed by atoms with Gasteiger partial charge < -0.3 is 9.94 Å². The normalized spacial score (nSPS) is 8.17. The molecule has 12 heavy (non-hydrogen) atoms. The van der Waals surface area contributed by atoms with E-state index < -0.39 is 5.97 Å². The minimum Gasteiger partial charge on any atom is -0.481 e. The fraction of sp³-hybridized carbons (Fsp3) is 0.429. The molecule has 0 saturated carbocycles. The molecule has 0 fully saturated rings. The molecule has 1 N–H and O–H groups in total. The van der Waals surface area contributed by atoms with E-state index in [0.29, 0.717) is 6.61 Å². The lowest BCUT2D eigenvalue weighted by Gasteiger charge is -1.98. The van der Waals surface area contributed by atoms with Crippen molar-refractivity contribution in [3.8, 4) is 0 Å². The standard InChI is InChI=1S/C5H8N2O.C2H4O2/c1-2-8-7-4-3-6-5-7;1-2(3)4/h3-5H,2H2,1H3;1H3,(H,3,4). The number of carboxylic acid groups (broad SMARTS) is 1. The summed E-state index contributed by atoms with van der Waals surface area (Å²) in [5.41, 5.74) is 0. The number of aliphatic carboxylic acids is 1. The Labute approximate surface area is 70.6 Å². The van der Waals surface area contributed by atoms with E-state index in [0.717, 1.165) is 6.92 Å². The molecule has 0 aromatic carbocycles. The van der Waals surface area contributed by atoms with Crippen LogP contribution in [0, 0.1) is 0 Å². The van der Waals surface area contributed by atoms with Crippen LogP contribution in [0.15, 0.2) is 18.7 Å². The third-order valence-electron chi connectivity index (χ3n) is 0.758. The average molecular weight is 172 g/mol. The second kappa shape index (κ2) is 6.21. The lowest BCUT2D eigenvalue weighted by Crippen LogP contribution is -2.06. The van der Waals surface area contributed by atoms with Gasteiger partial charge in [0.1, 0.15) is 12.9 Å². The van der Waals surface area contributed by atoms with Crippen molar-refractivity contribution in [1.82, 2.24) is 9.71 Å². The third kappa shape index (κ3) is 6.60. The van der Waals surface area contributed by atoms with Gasteiger partial charge in [-0.2, -0.15) is 4.73 Å². The van der Waals surface area contributed by atoms with Gasteiger partial charge in [0.15, 0.2) is 0 Å². The Balaban J connectivity index is 0.000000261. The van der Waals surface area contributed by atoms with Gasteiger partial charge in [0, 0.05) is 13.1 Å². The van der Waals surface area contributed by atoms with Gasteiger partial charge in [-0.25, -0.2) is 4.98 Å². The Hall–Kier alpha value is -1.52. The van der Waals surface area contributed by atoms with Crippen LogP contribution in [0.5, 0.6) is 0 Å². The van der Waals surface area contributed by atoms with E-state index in [2.05, 4.69) is 4.98 Å². The van der Waals surface area contributed by atoms with Gasteiger partial charge >= 0.3 is 0 Å². The van der Waals surface area contributed by atoms with E-state index in [-0.39, 0.29) is 0 Å². The Bertz CT molecular complexity index is 204. The lowest BCUT2D eigenvalue weighted by molar-refractivity contribution is -0.134. The molecule has 0 amide bonds. The first-order chi connectivity index (χ1) is 5.66. The fourth-order valence-corrected chi connectivity index (χ4v) is 0.472. The zero-order chi connectivity index (χ0) is 9.40. The van der Waals surface area contributed by atoms with Crippen molar-refractivity contribution in [2.75, 3.05) is 6.61 Å². The molecule has 0 aliphatic carbocycles. The highest BCUT2D eigenvalue weighted by molar-refractivity contribution is 5.62. The topological polar surface area (TPSA) is 64.3 Å². The van der Waals surface area contributed by atoms with Crippen molar-refractivity contribution in [2.45, 2.75) is 13.8 Å². The number of hydrogen-bond acceptors (Lipinski definition) is 3. The summed E-state index contributed by atoms with van der Waals surface area (Å²) in [6.45, 7) is 3.69. The molecule has 0 aliphatic rings. The molecule has 68 valence electrons. The van der Waals surface area contributed by atoms with Crippen molar-refractivity contribution < 1.29 is 14.7 Å². The zero-order valence-corrected chi connectivity index (χ0v) is 7.10. The molecule has 5 nitrogen and oxygen atoms in total. The van der Waals surface area contributed by atoms with E-state index in [4.69, 9.17) is 14.7 Å². The average Bonchev–Trinajstić information content (AvgIpc) is 2.39. The van der Waals surface area contributed by atoms with Crippen LogP contribution in [0.25, 0.3) is 0 Å². The highest BCUT2D eigenvalue weighted by Crippen LogP contribution is 1.77. The summed E-state index contributed by atoms with van der Waals surface area (Å²) >= 11 is 0. The van der Waals surface area contributed by atoms with Crippen LogP contribution >= 0.6 is 0 Å². The summed E-state index contributed by atoms with van der Waals surface area (Å²) in [7, 11) is 0. The molecule has 0 atom stereocenters. The number of carboxylic acids is 1. The first-order valence-corrected chi connectivity index (χ1v) is 3.47. The summed E-state index contributed by atoms with van der Waals surface area (Å²) in [6, 6.07) is 0. The van der Waals surface area contributed by atoms with Gasteiger partial charge in [-0.15, -0.1) is 0 Å². The van der Waals surface area contributed by atoms with Gasteiger partial charge in [-0.1, -0.05) is 0 Å². The van der Waals surface area contributed by atoms with Crippen molar-refractivity contribution in [2.24, 2.45) is 0 Å². The summed E-state index contributed by atoms with van der Waals surface area (Å²) in [6.07, 6.45) is 5.04. The Morgan fingerprint density at radius 1 is 1.75 bits per heavy atom. The molecular weight excluding hydrogens is 160 g/mol. The second-order valence-corrected chi connectivity index (χ2v) is 1.86. The first kappa shape index (κ1) is 10.5. The predicted octanol–water partition coefficient (Wildman–Crippen LogP) is 0.422. The monoisotopic (exact) mass is 172 g/mol. The number of carbonyl (C=O) groups is 1. The minimum atomic E-state index is -0.833. The van der Waals surface area contributed by atoms with Gasteiger partial charge in [-0.3, -0.25) is 4.79 Å². The third-order valence-corrected chi connectivity index (χ3v) is 0.758. The number of imidazole rings is 1. The molecule has 0 spiro atoms. The van der Waals surface area contributed by atoms with Crippen molar-refractivity contribution >= 4 is 5.97 Å². The largest absolute Gasteiger partial charge is 0.481 e. The molecule has 1 rings (SSSR count). The fourth-order valence-electron chi connectivity index (χ4n) is 0.472. The highest BCUT2D eigenvalue weighted by Gasteiger charge is 1.81. The number of rotatable bonds is 2. The number of hydrogen-bond donors (Lipinski definition) is 1. The molecule has 0 saturated heterocycles. The molecule has 0 unspecified atom stereocenters. The molecule has 1 aromatic heterocycles. The van der Waals surface area contributed by atoms with Gasteiger partial charge in [-0.05, 0) is 6.92 Å². The molecule has 0 radical (unpaired) electrons. The predicted molar refractivity (Wildman–Crippen MR) is 42.7 cm³/mol. The summed E-state index contributed by atoms with van der Waals surface area (Å²) in [5, 5.41) is 7.42. The maximum absolute atomic E-state index is 9.00. The van der Waals surface area contributed by atoms with Crippen LogP contribution in [0.3, 0.4) is 0 Å². The van der Waals surface area contributed by atoms with Crippen LogP contribution in [0.1, 0.15) is 13.8 Å². The van der Waals surface area contributed by atoms with E-state index in [1.165, 1.54) is 0 Å². The highest BCUT2D eigenvalue weighted by atomic mass is 16.7. The van der Waals surface area contributed by atoms with Crippen molar-refractivity contribution in [3.05, 3.63) is 18.7 Å². The SMILES string of the molecule is CC(=O)O.CCOn1ccnc1. The van der Waals surface area contributed by atoms with Crippen LogP contribution in [-0.2, 0) is 4.79 Å². The second-order valence-electron chi connectivity index (χ2n) is 1.86. The van der Waals surface area contributed by atoms with Crippen LogP contribution < -0.4 is 4.84 Å². The Morgan fingerprint density at radius 3 is 2.67 bits per heavy atom. The summed E-state index contributed by atoms with van der Waals surface area (Å²) in [4.78, 5) is 17.8. The maximum atomic E-state index is 9.00. The number of nitrogens with zero attached hydrogens (tertiary/aromatic N) is 2. The smallest absolute Gasteiger partial charge is 0.300 e. The minimum absolute atomic E-state index is 0.677. The maximum Gasteiger partial charge on any atom is 0.300 e. The van der Waals surface area contributed by atoms with Crippen LogP contribution in [-0.4, -0.2) is 27.4 Å².